The van der Waals surface area contributed by atoms with Crippen LogP contribution in [0.5, 0.6) is 11.5 Å². The minimum atomic E-state index is -0.159. The van der Waals surface area contributed by atoms with Crippen LogP contribution >= 0.6 is 0 Å². The molecule has 0 amide bonds. The summed E-state index contributed by atoms with van der Waals surface area (Å²) < 4.78 is 0. The maximum atomic E-state index is 10.5. The predicted molar refractivity (Wildman–Crippen MR) is 165 cm³/mol. The van der Waals surface area contributed by atoms with Crippen molar-refractivity contribution in [2.45, 2.75) is 32.1 Å². The summed E-state index contributed by atoms with van der Waals surface area (Å²) in [4.78, 5) is 2.43. The van der Waals surface area contributed by atoms with Crippen LogP contribution in [-0.2, 0) is 18.3 Å². The number of fused-ring (bicyclic) bond motifs is 3. The highest BCUT2D eigenvalue weighted by atomic mass is 16.3. The molecule has 0 unspecified atom stereocenters. The zero-order chi connectivity index (χ0) is 27.7. The zero-order valence-corrected chi connectivity index (χ0v) is 23.1. The second kappa shape index (κ2) is 10.6. The largest absolute Gasteiger partial charge is 0.508 e. The zero-order valence-electron chi connectivity index (χ0n) is 23.1. The van der Waals surface area contributed by atoms with Crippen LogP contribution < -0.4 is 4.90 Å². The Balaban J connectivity index is 1.49. The van der Waals surface area contributed by atoms with Crippen LogP contribution in [0.25, 0.3) is 22.3 Å². The first-order valence-corrected chi connectivity index (χ1v) is 14.1. The molecular weight excluding hydrogens is 490 g/mol. The van der Waals surface area contributed by atoms with E-state index in [1.807, 2.05) is 36.4 Å². The summed E-state index contributed by atoms with van der Waals surface area (Å²) in [6.07, 6.45) is 1.42. The highest BCUT2D eigenvalue weighted by molar-refractivity contribution is 5.94. The number of hydrogen-bond acceptors (Lipinski definition) is 3. The van der Waals surface area contributed by atoms with Gasteiger partial charge in [0, 0.05) is 29.8 Å². The summed E-state index contributed by atoms with van der Waals surface area (Å²) in [5, 5.41) is 21.0. The van der Waals surface area contributed by atoms with E-state index in [0.717, 1.165) is 24.2 Å². The normalized spacial score (nSPS) is 13.1. The molecule has 5 aromatic carbocycles. The number of hydrogen-bond donors (Lipinski definition) is 2. The molecule has 0 spiro atoms. The molecule has 5 aromatic rings. The fourth-order valence-corrected chi connectivity index (χ4v) is 6.33. The van der Waals surface area contributed by atoms with Gasteiger partial charge in [-0.1, -0.05) is 111 Å². The Morgan fingerprint density at radius 3 is 1.75 bits per heavy atom. The van der Waals surface area contributed by atoms with Crippen LogP contribution in [0.3, 0.4) is 0 Å². The molecule has 200 valence electrons. The highest BCUT2D eigenvalue weighted by Crippen LogP contribution is 2.54. The second-order valence-electron chi connectivity index (χ2n) is 11.2. The molecule has 0 aliphatic heterocycles. The van der Waals surface area contributed by atoms with Crippen molar-refractivity contribution in [2.75, 3.05) is 18.0 Å². The van der Waals surface area contributed by atoms with Gasteiger partial charge in [-0.3, -0.25) is 0 Å². The van der Waals surface area contributed by atoms with Crippen molar-refractivity contribution in [1.82, 2.24) is 0 Å². The Kier molecular flexibility index (Phi) is 6.81. The summed E-state index contributed by atoms with van der Waals surface area (Å²) in [7, 11) is 0. The van der Waals surface area contributed by atoms with E-state index < -0.39 is 0 Å². The molecule has 0 atom stereocenters. The smallest absolute Gasteiger partial charge is 0.118 e. The van der Waals surface area contributed by atoms with Gasteiger partial charge < -0.3 is 15.1 Å². The molecule has 40 heavy (non-hydrogen) atoms. The van der Waals surface area contributed by atoms with Crippen molar-refractivity contribution in [3.63, 3.8) is 0 Å². The molecule has 2 N–H and O–H groups in total. The van der Waals surface area contributed by atoms with E-state index in [4.69, 9.17) is 0 Å². The van der Waals surface area contributed by atoms with Gasteiger partial charge in [-0.25, -0.2) is 0 Å². The van der Waals surface area contributed by atoms with E-state index in [2.05, 4.69) is 85.5 Å². The van der Waals surface area contributed by atoms with E-state index in [1.165, 1.54) is 39.1 Å². The lowest BCUT2D eigenvalue weighted by atomic mass is 9.78. The average molecular weight is 526 g/mol. The van der Waals surface area contributed by atoms with E-state index in [0.29, 0.717) is 24.3 Å². The number of phenols is 2. The van der Waals surface area contributed by atoms with Gasteiger partial charge in [0.25, 0.3) is 0 Å². The van der Waals surface area contributed by atoms with Gasteiger partial charge in [-0.05, 0) is 70.0 Å². The van der Waals surface area contributed by atoms with Crippen molar-refractivity contribution >= 4 is 5.69 Å². The van der Waals surface area contributed by atoms with Crippen molar-refractivity contribution in [3.05, 3.63) is 138 Å². The van der Waals surface area contributed by atoms with Crippen LogP contribution in [0, 0.1) is 0 Å². The third-order valence-electron chi connectivity index (χ3n) is 8.39. The maximum Gasteiger partial charge on any atom is 0.118 e. The van der Waals surface area contributed by atoms with Gasteiger partial charge in [0.05, 0.1) is 0 Å². The Morgan fingerprint density at radius 2 is 1.12 bits per heavy atom. The first-order chi connectivity index (χ1) is 19.4. The van der Waals surface area contributed by atoms with Crippen molar-refractivity contribution in [2.24, 2.45) is 0 Å². The lowest BCUT2D eigenvalue weighted by Crippen LogP contribution is -2.29. The molecule has 1 aliphatic carbocycles. The first kappa shape index (κ1) is 25.8. The minimum absolute atomic E-state index is 0.159. The van der Waals surface area contributed by atoms with Gasteiger partial charge in [-0.15, -0.1) is 0 Å². The fraction of sp³-hybridized carbons (Fsp3) is 0.189. The Bertz CT molecular complexity index is 1610. The summed E-state index contributed by atoms with van der Waals surface area (Å²) in [5.41, 5.74) is 10.7. The average Bonchev–Trinajstić information content (AvgIpc) is 3.21. The minimum Gasteiger partial charge on any atom is -0.508 e. The number of benzene rings is 5. The van der Waals surface area contributed by atoms with Gasteiger partial charge in [0.2, 0.25) is 0 Å². The third-order valence-corrected chi connectivity index (χ3v) is 8.39. The van der Waals surface area contributed by atoms with E-state index in [1.54, 1.807) is 12.1 Å². The van der Waals surface area contributed by atoms with Crippen molar-refractivity contribution < 1.29 is 10.2 Å². The van der Waals surface area contributed by atoms with Gasteiger partial charge in [0.15, 0.2) is 0 Å². The SMILES string of the molecule is CC1(C)c2ccccc2-c2ccc(N(CCc3ccccc3O)CCc3ccccc3O)c(-c3ccccc3)c21. The fourth-order valence-electron chi connectivity index (χ4n) is 6.33. The second-order valence-corrected chi connectivity index (χ2v) is 11.2. The molecule has 0 fully saturated rings. The number of rotatable bonds is 8. The van der Waals surface area contributed by atoms with Crippen LogP contribution in [0.15, 0.2) is 115 Å². The van der Waals surface area contributed by atoms with E-state index in [9.17, 15) is 10.2 Å². The van der Waals surface area contributed by atoms with Crippen molar-refractivity contribution in [3.8, 4) is 33.8 Å². The van der Waals surface area contributed by atoms with Crippen molar-refractivity contribution in [1.29, 1.82) is 0 Å². The summed E-state index contributed by atoms with van der Waals surface area (Å²) >= 11 is 0. The summed E-state index contributed by atoms with van der Waals surface area (Å²) in [5.74, 6) is 0.661. The molecule has 0 heterocycles. The van der Waals surface area contributed by atoms with E-state index in [-0.39, 0.29) is 5.41 Å². The number of nitrogens with zero attached hydrogens (tertiary/aromatic N) is 1. The van der Waals surface area contributed by atoms with Crippen LogP contribution in [-0.4, -0.2) is 23.3 Å². The lowest BCUT2D eigenvalue weighted by Gasteiger charge is -2.32. The molecular formula is C37H35NO2. The van der Waals surface area contributed by atoms with Gasteiger partial charge >= 0.3 is 0 Å². The van der Waals surface area contributed by atoms with E-state index >= 15 is 0 Å². The number of para-hydroxylation sites is 2. The topological polar surface area (TPSA) is 43.7 Å². The molecule has 3 heteroatoms. The maximum absolute atomic E-state index is 10.5. The first-order valence-electron chi connectivity index (χ1n) is 14.1. The molecule has 0 aromatic heterocycles. The molecule has 3 nitrogen and oxygen atoms in total. The Morgan fingerprint density at radius 1 is 0.575 bits per heavy atom. The molecule has 0 radical (unpaired) electrons. The Labute approximate surface area is 237 Å². The third kappa shape index (κ3) is 4.62. The van der Waals surface area contributed by atoms with Gasteiger partial charge in [-0.2, -0.15) is 0 Å². The molecule has 1 aliphatic rings. The monoisotopic (exact) mass is 525 g/mol. The predicted octanol–water partition coefficient (Wildman–Crippen LogP) is 8.36. The standard InChI is InChI=1S/C37H35NO2/c1-37(2)31-17-9-8-16-29(31)30-20-21-32(35(36(30)37)28-14-4-3-5-15-28)38(24-22-26-12-6-10-18-33(26)39)25-23-27-13-7-11-19-34(27)40/h3-21,39-40H,22-25H2,1-2H3. The number of anilines is 1. The summed E-state index contributed by atoms with van der Waals surface area (Å²) in [6.45, 7) is 6.14. The Hall–Kier alpha value is -4.50. The van der Waals surface area contributed by atoms with Crippen LogP contribution in [0.4, 0.5) is 5.69 Å². The van der Waals surface area contributed by atoms with Gasteiger partial charge in [0.1, 0.15) is 11.5 Å². The van der Waals surface area contributed by atoms with Crippen LogP contribution in [0.2, 0.25) is 0 Å². The molecule has 0 saturated carbocycles. The lowest BCUT2D eigenvalue weighted by molar-refractivity contribution is 0.467. The molecule has 0 bridgehead atoms. The van der Waals surface area contributed by atoms with Crippen LogP contribution in [0.1, 0.15) is 36.1 Å². The number of aromatic hydroxyl groups is 2. The molecule has 0 saturated heterocycles. The number of phenolic OH excluding ortho intramolecular Hbond substituents is 2. The molecule has 6 rings (SSSR count). The quantitative estimate of drug-likeness (QED) is 0.214. The summed E-state index contributed by atoms with van der Waals surface area (Å²) in [6, 6.07) is 39.2. The highest BCUT2D eigenvalue weighted by Gasteiger charge is 2.38.